The largest absolute Gasteiger partial charge is 0.507 e. The van der Waals surface area contributed by atoms with Crippen molar-refractivity contribution in [2.24, 2.45) is 0 Å². The minimum Gasteiger partial charge on any atom is -0.507 e. The number of aromatic hydroxyl groups is 1. The summed E-state index contributed by atoms with van der Waals surface area (Å²) in [6.45, 7) is 12.0. The van der Waals surface area contributed by atoms with Crippen LogP contribution in [0.1, 0.15) is 58.2 Å². The van der Waals surface area contributed by atoms with Gasteiger partial charge in [0.1, 0.15) is 18.0 Å². The summed E-state index contributed by atoms with van der Waals surface area (Å²) in [5.74, 6) is 0.324. The molecule has 24 heavy (non-hydrogen) atoms. The topological polar surface area (TPSA) is 82.0 Å². The summed E-state index contributed by atoms with van der Waals surface area (Å²) >= 11 is 0. The molecule has 1 aliphatic heterocycles. The monoisotopic (exact) mass is 335 g/mol. The number of rotatable bonds is 3. The van der Waals surface area contributed by atoms with Crippen molar-refractivity contribution in [2.45, 2.75) is 64.6 Å². The van der Waals surface area contributed by atoms with Gasteiger partial charge in [0.25, 0.3) is 0 Å². The van der Waals surface area contributed by atoms with Gasteiger partial charge in [-0.25, -0.2) is 0 Å². The Bertz CT molecular complexity index is 603. The molecule has 0 saturated carbocycles. The molecular weight excluding hydrogens is 306 g/mol. The van der Waals surface area contributed by atoms with E-state index in [9.17, 15) is 10.2 Å². The molecule has 0 saturated heterocycles. The molecule has 4 N–H and O–H groups in total. The molecule has 0 aliphatic carbocycles. The number of phenolic OH excluding ortho intramolecular Hbond substituents is 1. The van der Waals surface area contributed by atoms with Gasteiger partial charge in [-0.1, -0.05) is 41.5 Å². The van der Waals surface area contributed by atoms with E-state index in [1.165, 1.54) is 0 Å². The van der Waals surface area contributed by atoms with Crippen molar-refractivity contribution in [3.8, 4) is 5.75 Å². The third kappa shape index (κ3) is 3.74. The highest BCUT2D eigenvalue weighted by Gasteiger charge is 2.29. The third-order valence-electron chi connectivity index (χ3n) is 4.24. The van der Waals surface area contributed by atoms with Crippen molar-refractivity contribution in [3.05, 3.63) is 34.9 Å². The Morgan fingerprint density at radius 1 is 1.08 bits per heavy atom. The lowest BCUT2D eigenvalue weighted by atomic mass is 9.78. The molecule has 0 radical (unpaired) electrons. The highest BCUT2D eigenvalue weighted by atomic mass is 16.7. The van der Waals surface area contributed by atoms with Crippen LogP contribution in [-0.4, -0.2) is 34.1 Å². The van der Waals surface area contributed by atoms with Crippen LogP contribution in [0.3, 0.4) is 0 Å². The number of hydrogen-bond donors (Lipinski definition) is 4. The Morgan fingerprint density at radius 3 is 2.00 bits per heavy atom. The molecule has 2 rings (SSSR count). The van der Waals surface area contributed by atoms with Gasteiger partial charge in [-0.3, -0.25) is 10.3 Å². The van der Waals surface area contributed by atoms with Crippen LogP contribution < -0.4 is 5.48 Å². The van der Waals surface area contributed by atoms with E-state index >= 15 is 0 Å². The van der Waals surface area contributed by atoms with Gasteiger partial charge in [0.2, 0.25) is 0 Å². The predicted molar refractivity (Wildman–Crippen MR) is 94.6 cm³/mol. The zero-order valence-electron chi connectivity index (χ0n) is 15.3. The standard InChI is InChI=1S/C19H29NO4/c1-18(2,3)12-7-11(8-13(17(12)23)19(4,5)6)14-9-16(24-20-14)15(22)10-21/h7-9,15-16,20-23H,10H2,1-6H3. The van der Waals surface area contributed by atoms with Gasteiger partial charge in [0, 0.05) is 16.7 Å². The lowest BCUT2D eigenvalue weighted by molar-refractivity contribution is -0.0483. The van der Waals surface area contributed by atoms with Crippen molar-refractivity contribution in [1.29, 1.82) is 0 Å². The number of phenols is 1. The molecule has 0 amide bonds. The van der Waals surface area contributed by atoms with Crippen molar-refractivity contribution in [2.75, 3.05) is 6.61 Å². The summed E-state index contributed by atoms with van der Waals surface area (Å²) in [5, 5.41) is 29.6. The normalized spacial score (nSPS) is 19.8. The van der Waals surface area contributed by atoms with E-state index in [4.69, 9.17) is 9.94 Å². The van der Waals surface area contributed by atoms with E-state index < -0.39 is 12.2 Å². The summed E-state index contributed by atoms with van der Waals surface area (Å²) in [4.78, 5) is 5.34. The van der Waals surface area contributed by atoms with Crippen LogP contribution in [0.2, 0.25) is 0 Å². The quantitative estimate of drug-likeness (QED) is 0.682. The van der Waals surface area contributed by atoms with E-state index in [-0.39, 0.29) is 17.4 Å². The van der Waals surface area contributed by atoms with E-state index in [0.717, 1.165) is 22.4 Å². The van der Waals surface area contributed by atoms with Crippen molar-refractivity contribution < 1.29 is 20.2 Å². The van der Waals surface area contributed by atoms with Gasteiger partial charge in [0.15, 0.2) is 0 Å². The molecular formula is C19H29NO4. The van der Waals surface area contributed by atoms with Crippen LogP contribution in [0.5, 0.6) is 5.75 Å². The molecule has 1 aromatic carbocycles. The van der Waals surface area contributed by atoms with Crippen LogP contribution in [0.15, 0.2) is 18.2 Å². The number of hydrogen-bond acceptors (Lipinski definition) is 5. The first kappa shape index (κ1) is 18.8. The maximum absolute atomic E-state index is 10.8. The fraction of sp³-hybridized carbons (Fsp3) is 0.579. The molecule has 0 fully saturated rings. The first-order valence-electron chi connectivity index (χ1n) is 8.26. The summed E-state index contributed by atoms with van der Waals surface area (Å²) in [7, 11) is 0. The van der Waals surface area contributed by atoms with Crippen LogP contribution in [0, 0.1) is 0 Å². The first-order valence-corrected chi connectivity index (χ1v) is 8.26. The fourth-order valence-electron chi connectivity index (χ4n) is 2.75. The van der Waals surface area contributed by atoms with Gasteiger partial charge in [-0.2, -0.15) is 0 Å². The molecule has 0 spiro atoms. The predicted octanol–water partition coefficient (Wildman–Crippen LogP) is 2.58. The number of nitrogens with one attached hydrogen (secondary N) is 1. The third-order valence-corrected chi connectivity index (χ3v) is 4.24. The second-order valence-corrected chi connectivity index (χ2v) is 8.43. The summed E-state index contributed by atoms with van der Waals surface area (Å²) in [6.07, 6.45) is 0.179. The molecule has 0 aromatic heterocycles. The van der Waals surface area contributed by atoms with Gasteiger partial charge in [-0.05, 0) is 29.0 Å². The van der Waals surface area contributed by atoms with Crippen molar-refractivity contribution in [3.63, 3.8) is 0 Å². The number of benzene rings is 1. The zero-order chi connectivity index (χ0) is 18.3. The van der Waals surface area contributed by atoms with Crippen molar-refractivity contribution >= 4 is 5.70 Å². The molecule has 1 aliphatic rings. The minimum absolute atomic E-state index is 0.218. The first-order chi connectivity index (χ1) is 10.9. The molecule has 2 unspecified atom stereocenters. The van der Waals surface area contributed by atoms with Crippen LogP contribution >= 0.6 is 0 Å². The van der Waals surface area contributed by atoms with E-state index in [2.05, 4.69) is 47.0 Å². The average molecular weight is 335 g/mol. The van der Waals surface area contributed by atoms with Gasteiger partial charge < -0.3 is 15.3 Å². The molecule has 2 atom stereocenters. The average Bonchev–Trinajstić information content (AvgIpc) is 2.94. The highest BCUT2D eigenvalue weighted by molar-refractivity contribution is 5.69. The summed E-state index contributed by atoms with van der Waals surface area (Å²) in [5.41, 5.74) is 5.72. The highest BCUT2D eigenvalue weighted by Crippen LogP contribution is 2.41. The van der Waals surface area contributed by atoms with Crippen LogP contribution in [0.4, 0.5) is 0 Å². The van der Waals surface area contributed by atoms with Crippen LogP contribution in [-0.2, 0) is 15.7 Å². The van der Waals surface area contributed by atoms with Gasteiger partial charge in [-0.15, -0.1) is 0 Å². The lowest BCUT2D eigenvalue weighted by Gasteiger charge is -2.28. The Morgan fingerprint density at radius 2 is 1.58 bits per heavy atom. The Hall–Kier alpha value is -1.56. The maximum Gasteiger partial charge on any atom is 0.134 e. The van der Waals surface area contributed by atoms with E-state index in [0.29, 0.717) is 5.75 Å². The Labute approximate surface area is 143 Å². The Kier molecular flexibility index (Phi) is 5.00. The van der Waals surface area contributed by atoms with Crippen molar-refractivity contribution in [1.82, 2.24) is 5.48 Å². The van der Waals surface area contributed by atoms with Crippen LogP contribution in [0.25, 0.3) is 5.70 Å². The number of aliphatic hydroxyl groups is 2. The van der Waals surface area contributed by atoms with Gasteiger partial charge in [0.05, 0.1) is 12.3 Å². The second kappa shape index (κ2) is 6.39. The summed E-state index contributed by atoms with van der Waals surface area (Å²) in [6, 6.07) is 3.89. The van der Waals surface area contributed by atoms with E-state index in [1.54, 1.807) is 6.08 Å². The number of aliphatic hydroxyl groups excluding tert-OH is 2. The Balaban J connectivity index is 2.56. The SMILES string of the molecule is CC(C)(C)c1cc(C2=CC(C(O)CO)ON2)cc(C(C)(C)C)c1O. The molecule has 1 heterocycles. The van der Waals surface area contributed by atoms with E-state index in [1.807, 2.05) is 12.1 Å². The molecule has 0 bridgehead atoms. The second-order valence-electron chi connectivity index (χ2n) is 8.43. The number of hydroxylamine groups is 1. The molecule has 5 nitrogen and oxygen atoms in total. The molecule has 5 heteroatoms. The maximum atomic E-state index is 10.8. The lowest BCUT2D eigenvalue weighted by Crippen LogP contribution is -2.29. The molecule has 1 aromatic rings. The van der Waals surface area contributed by atoms with Gasteiger partial charge >= 0.3 is 0 Å². The zero-order valence-corrected chi connectivity index (χ0v) is 15.3. The summed E-state index contributed by atoms with van der Waals surface area (Å²) < 4.78 is 0. The minimum atomic E-state index is -0.976. The smallest absolute Gasteiger partial charge is 0.134 e. The molecule has 134 valence electrons. The fourth-order valence-corrected chi connectivity index (χ4v) is 2.75.